The van der Waals surface area contributed by atoms with Gasteiger partial charge in [-0.15, -0.1) is 0 Å². The van der Waals surface area contributed by atoms with E-state index in [1.54, 1.807) is 24.3 Å². The van der Waals surface area contributed by atoms with Gasteiger partial charge in [0.2, 0.25) is 0 Å². The summed E-state index contributed by atoms with van der Waals surface area (Å²) in [4.78, 5) is 18.1. The molecule has 0 bridgehead atoms. The minimum absolute atomic E-state index is 0.0450. The summed E-state index contributed by atoms with van der Waals surface area (Å²) in [5.74, 6) is -0.561. The second kappa shape index (κ2) is 3.75. The summed E-state index contributed by atoms with van der Waals surface area (Å²) in [6.45, 7) is 0. The molecule has 0 aliphatic rings. The summed E-state index contributed by atoms with van der Waals surface area (Å²) < 4.78 is 11.1. The Morgan fingerprint density at radius 1 is 1.19 bits per heavy atom. The molecule has 0 amide bonds. The average molecular weight is 259 g/mol. The van der Waals surface area contributed by atoms with E-state index in [0.717, 1.165) is 0 Å². The largest absolute Gasteiger partial charge is 0.505 e. The van der Waals surface area contributed by atoms with E-state index in [1.165, 1.54) is 6.07 Å². The van der Waals surface area contributed by atoms with E-state index in [4.69, 9.17) is 21.4 Å². The molecule has 2 aromatic rings. The molecule has 0 heterocycles. The summed E-state index contributed by atoms with van der Waals surface area (Å²) in [7, 11) is -4.52. The SMILES string of the molecule is O=P(O)(O)c1cc2ccccc2c(Cl)c1O. The maximum absolute atomic E-state index is 11.1. The first-order valence-corrected chi connectivity index (χ1v) is 6.36. The van der Waals surface area contributed by atoms with Crippen molar-refractivity contribution in [3.05, 3.63) is 35.4 Å². The molecule has 4 nitrogen and oxygen atoms in total. The molecule has 6 heteroatoms. The summed E-state index contributed by atoms with van der Waals surface area (Å²) in [6.07, 6.45) is 0. The smallest absolute Gasteiger partial charge is 0.360 e. The van der Waals surface area contributed by atoms with Gasteiger partial charge in [0.15, 0.2) is 0 Å². The topological polar surface area (TPSA) is 77.8 Å². The van der Waals surface area contributed by atoms with Crippen molar-refractivity contribution >= 4 is 35.3 Å². The fraction of sp³-hybridized carbons (Fsp3) is 0. The van der Waals surface area contributed by atoms with Gasteiger partial charge in [-0.3, -0.25) is 4.57 Å². The number of hydrogen-bond acceptors (Lipinski definition) is 2. The van der Waals surface area contributed by atoms with E-state index in [9.17, 15) is 9.67 Å². The maximum atomic E-state index is 11.1. The lowest BCUT2D eigenvalue weighted by Crippen LogP contribution is -2.05. The van der Waals surface area contributed by atoms with E-state index >= 15 is 0 Å². The zero-order valence-corrected chi connectivity index (χ0v) is 9.61. The number of aromatic hydroxyl groups is 1. The Labute approximate surface area is 96.3 Å². The van der Waals surface area contributed by atoms with Crippen LogP contribution >= 0.6 is 19.2 Å². The lowest BCUT2D eigenvalue weighted by molar-refractivity contribution is 0.384. The summed E-state index contributed by atoms with van der Waals surface area (Å²) in [5, 5.41) is 10.2. The van der Waals surface area contributed by atoms with Crippen LogP contribution in [0.25, 0.3) is 10.8 Å². The second-order valence-corrected chi connectivity index (χ2v) is 5.27. The Bertz CT molecular complexity index is 605. The Hall–Kier alpha value is -1.06. The Kier molecular flexibility index (Phi) is 2.68. The van der Waals surface area contributed by atoms with E-state index in [-0.39, 0.29) is 5.02 Å². The zero-order valence-electron chi connectivity index (χ0n) is 7.96. The lowest BCUT2D eigenvalue weighted by Gasteiger charge is -2.10. The molecular weight excluding hydrogens is 251 g/mol. The molecule has 2 aromatic carbocycles. The third kappa shape index (κ3) is 1.81. The number of phenols is 1. The molecule has 0 unspecified atom stereocenters. The number of fused-ring (bicyclic) bond motifs is 1. The molecule has 2 rings (SSSR count). The number of phenolic OH excluding ortho intramolecular Hbond substituents is 1. The van der Waals surface area contributed by atoms with Crippen LogP contribution in [0.3, 0.4) is 0 Å². The highest BCUT2D eigenvalue weighted by Gasteiger charge is 2.24. The first-order chi connectivity index (χ1) is 7.41. The van der Waals surface area contributed by atoms with Crippen LogP contribution in [0, 0.1) is 0 Å². The van der Waals surface area contributed by atoms with Gasteiger partial charge in [-0.05, 0) is 11.5 Å². The molecule has 16 heavy (non-hydrogen) atoms. The summed E-state index contributed by atoms with van der Waals surface area (Å²) in [6, 6.07) is 8.03. The van der Waals surface area contributed by atoms with Crippen LogP contribution in [0.2, 0.25) is 5.02 Å². The fourth-order valence-electron chi connectivity index (χ4n) is 1.50. The molecule has 0 radical (unpaired) electrons. The molecule has 0 atom stereocenters. The first-order valence-electron chi connectivity index (χ1n) is 4.37. The number of halogens is 1. The molecule has 0 saturated heterocycles. The Balaban J connectivity index is 2.90. The fourth-order valence-corrected chi connectivity index (χ4v) is 2.54. The van der Waals surface area contributed by atoms with Crippen LogP contribution in [0.5, 0.6) is 5.75 Å². The van der Waals surface area contributed by atoms with Gasteiger partial charge in [-0.2, -0.15) is 0 Å². The highest BCUT2D eigenvalue weighted by Crippen LogP contribution is 2.42. The Morgan fingerprint density at radius 3 is 2.44 bits per heavy atom. The van der Waals surface area contributed by atoms with Crippen LogP contribution in [-0.2, 0) is 4.57 Å². The van der Waals surface area contributed by atoms with E-state index in [2.05, 4.69) is 0 Å². The number of rotatable bonds is 1. The van der Waals surface area contributed by atoms with Crippen molar-refractivity contribution in [2.45, 2.75) is 0 Å². The standard InChI is InChI=1S/C10H8ClO4P/c11-9-7-4-2-1-3-6(7)5-8(10(9)12)16(13,14)15/h1-5,12H,(H2,13,14,15). The molecule has 0 fully saturated rings. The van der Waals surface area contributed by atoms with Crippen LogP contribution in [-0.4, -0.2) is 14.9 Å². The molecular formula is C10H8ClO4P. The van der Waals surface area contributed by atoms with Crippen molar-refractivity contribution in [3.63, 3.8) is 0 Å². The van der Waals surface area contributed by atoms with E-state index < -0.39 is 18.6 Å². The summed E-state index contributed by atoms with van der Waals surface area (Å²) >= 11 is 5.84. The third-order valence-electron chi connectivity index (χ3n) is 2.25. The molecule has 0 aromatic heterocycles. The van der Waals surface area contributed by atoms with Gasteiger partial charge in [0, 0.05) is 5.39 Å². The van der Waals surface area contributed by atoms with Gasteiger partial charge in [-0.25, -0.2) is 0 Å². The van der Waals surface area contributed by atoms with Gasteiger partial charge in [0.05, 0.1) is 5.02 Å². The van der Waals surface area contributed by atoms with Gasteiger partial charge in [0.25, 0.3) is 0 Å². The molecule has 0 saturated carbocycles. The maximum Gasteiger partial charge on any atom is 0.360 e. The second-order valence-electron chi connectivity index (χ2n) is 3.32. The molecule has 84 valence electrons. The normalized spacial score (nSPS) is 11.9. The predicted octanol–water partition coefficient (Wildman–Crippen LogP) is 2.00. The molecule has 0 aliphatic heterocycles. The van der Waals surface area contributed by atoms with Crippen LogP contribution in [0.15, 0.2) is 30.3 Å². The predicted molar refractivity (Wildman–Crippen MR) is 62.3 cm³/mol. The van der Waals surface area contributed by atoms with Gasteiger partial charge >= 0.3 is 7.60 Å². The lowest BCUT2D eigenvalue weighted by atomic mass is 10.1. The monoisotopic (exact) mass is 258 g/mol. The van der Waals surface area contributed by atoms with Crippen LogP contribution in [0.1, 0.15) is 0 Å². The third-order valence-corrected chi connectivity index (χ3v) is 3.60. The van der Waals surface area contributed by atoms with Gasteiger partial charge < -0.3 is 14.9 Å². The van der Waals surface area contributed by atoms with Crippen molar-refractivity contribution in [1.29, 1.82) is 0 Å². The average Bonchev–Trinajstić information content (AvgIpc) is 2.22. The number of benzene rings is 2. The van der Waals surface area contributed by atoms with Crippen molar-refractivity contribution in [2.75, 3.05) is 0 Å². The quantitative estimate of drug-likeness (QED) is 0.684. The van der Waals surface area contributed by atoms with Gasteiger partial charge in [-0.1, -0.05) is 35.9 Å². The van der Waals surface area contributed by atoms with E-state index in [0.29, 0.717) is 10.8 Å². The van der Waals surface area contributed by atoms with Crippen LogP contribution in [0.4, 0.5) is 0 Å². The van der Waals surface area contributed by atoms with Crippen molar-refractivity contribution in [1.82, 2.24) is 0 Å². The minimum atomic E-state index is -4.52. The highest BCUT2D eigenvalue weighted by molar-refractivity contribution is 7.60. The zero-order chi connectivity index (χ0) is 11.9. The van der Waals surface area contributed by atoms with Crippen molar-refractivity contribution in [2.24, 2.45) is 0 Å². The van der Waals surface area contributed by atoms with Crippen LogP contribution < -0.4 is 5.30 Å². The number of hydrogen-bond donors (Lipinski definition) is 3. The molecule has 0 spiro atoms. The highest BCUT2D eigenvalue weighted by atomic mass is 35.5. The van der Waals surface area contributed by atoms with Crippen molar-refractivity contribution in [3.8, 4) is 5.75 Å². The van der Waals surface area contributed by atoms with E-state index in [1.807, 2.05) is 0 Å². The molecule has 3 N–H and O–H groups in total. The Morgan fingerprint density at radius 2 is 1.81 bits per heavy atom. The minimum Gasteiger partial charge on any atom is -0.505 e. The summed E-state index contributed by atoms with van der Waals surface area (Å²) in [5.41, 5.74) is 0. The molecule has 0 aliphatic carbocycles. The van der Waals surface area contributed by atoms with Gasteiger partial charge in [0.1, 0.15) is 11.1 Å². The first kappa shape index (κ1) is 11.4. The van der Waals surface area contributed by atoms with Crippen molar-refractivity contribution < 1.29 is 19.5 Å².